The molecule has 2 aliphatic rings. The minimum atomic E-state index is -0.696. The van der Waals surface area contributed by atoms with E-state index in [-0.39, 0.29) is 6.42 Å². The van der Waals surface area contributed by atoms with Gasteiger partial charge in [-0.05, 0) is 61.9 Å². The quantitative estimate of drug-likeness (QED) is 0.487. The molecule has 0 saturated carbocycles. The van der Waals surface area contributed by atoms with Gasteiger partial charge in [-0.1, -0.05) is 19.1 Å². The summed E-state index contributed by atoms with van der Waals surface area (Å²) in [6, 6.07) is 0. The van der Waals surface area contributed by atoms with Crippen LogP contribution in [0.4, 0.5) is 0 Å². The van der Waals surface area contributed by atoms with Crippen LogP contribution in [0.15, 0.2) is 12.2 Å². The Morgan fingerprint density at radius 2 is 2.05 bits per heavy atom. The van der Waals surface area contributed by atoms with Gasteiger partial charge in [0.1, 0.15) is 0 Å². The van der Waals surface area contributed by atoms with Crippen molar-refractivity contribution in [2.24, 2.45) is 11.8 Å². The molecule has 3 nitrogen and oxygen atoms in total. The van der Waals surface area contributed by atoms with Crippen LogP contribution in [0.2, 0.25) is 0 Å². The molecule has 4 atom stereocenters. The molecule has 1 N–H and O–H groups in total. The van der Waals surface area contributed by atoms with Gasteiger partial charge in [-0.25, -0.2) is 0 Å². The van der Waals surface area contributed by atoms with Crippen molar-refractivity contribution in [3.8, 4) is 0 Å². The summed E-state index contributed by atoms with van der Waals surface area (Å²) in [5.41, 5.74) is 0. The van der Waals surface area contributed by atoms with Gasteiger partial charge >= 0.3 is 5.97 Å². The molecule has 2 aliphatic heterocycles. The van der Waals surface area contributed by atoms with E-state index in [0.717, 1.165) is 25.2 Å². The molecule has 2 heterocycles. The number of carbonyl (C=O) groups is 1. The van der Waals surface area contributed by atoms with E-state index < -0.39 is 5.97 Å². The number of hydrogen-bond acceptors (Lipinski definition) is 3. The van der Waals surface area contributed by atoms with Gasteiger partial charge in [0.25, 0.3) is 0 Å². The van der Waals surface area contributed by atoms with Gasteiger partial charge in [0.15, 0.2) is 0 Å². The predicted octanol–water partition coefficient (Wildman–Crippen LogP) is 4.12. The number of allylic oxidation sites excluding steroid dienone is 2. The highest BCUT2D eigenvalue weighted by Gasteiger charge is 2.47. The summed E-state index contributed by atoms with van der Waals surface area (Å²) in [5, 5.41) is 8.61. The van der Waals surface area contributed by atoms with Crippen LogP contribution in [0.5, 0.6) is 0 Å². The zero-order valence-electron chi connectivity index (χ0n) is 13.0. The lowest BCUT2D eigenvalue weighted by molar-refractivity contribution is -0.137. The molecule has 0 unspecified atom stereocenters. The van der Waals surface area contributed by atoms with Gasteiger partial charge in [-0.15, -0.1) is 0 Å². The summed E-state index contributed by atoms with van der Waals surface area (Å²) >= 11 is 2.08. The van der Waals surface area contributed by atoms with Crippen LogP contribution in [0.1, 0.15) is 51.9 Å². The molecule has 0 spiro atoms. The van der Waals surface area contributed by atoms with Crippen LogP contribution in [0, 0.1) is 11.8 Å². The first-order chi connectivity index (χ1) is 10.2. The molecule has 21 heavy (non-hydrogen) atoms. The largest absolute Gasteiger partial charge is 0.481 e. The highest BCUT2D eigenvalue weighted by molar-refractivity contribution is 7.99. The maximum Gasteiger partial charge on any atom is 0.303 e. The topological polar surface area (TPSA) is 46.5 Å². The molecule has 120 valence electrons. The molecule has 0 radical (unpaired) electrons. The van der Waals surface area contributed by atoms with Crippen molar-refractivity contribution in [3.05, 3.63) is 12.2 Å². The first-order valence-electron chi connectivity index (χ1n) is 8.32. The summed E-state index contributed by atoms with van der Waals surface area (Å²) in [4.78, 5) is 10.5. The standard InChI is InChI=1S/C17H28O3S/c1-2-11-21-12-14-13(15-9-10-16(14)20-15)7-5-3-4-6-8-17(18)19/h3,5,13-16H,2,4,6-12H2,1H3,(H,18,19)/b5-3-/t13-,14-,15-,16+/m1/s1. The Hall–Kier alpha value is -0.480. The second kappa shape index (κ2) is 8.84. The Morgan fingerprint density at radius 3 is 2.76 bits per heavy atom. The lowest BCUT2D eigenvalue weighted by atomic mass is 9.78. The highest BCUT2D eigenvalue weighted by atomic mass is 32.2. The zero-order chi connectivity index (χ0) is 15.1. The fraction of sp³-hybridized carbons (Fsp3) is 0.824. The fourth-order valence-electron chi connectivity index (χ4n) is 3.53. The van der Waals surface area contributed by atoms with E-state index in [2.05, 4.69) is 30.8 Å². The minimum absolute atomic E-state index is 0.276. The van der Waals surface area contributed by atoms with Crippen molar-refractivity contribution in [3.63, 3.8) is 0 Å². The van der Waals surface area contributed by atoms with E-state index in [1.165, 1.54) is 30.8 Å². The van der Waals surface area contributed by atoms with Gasteiger partial charge < -0.3 is 9.84 Å². The molecule has 2 saturated heterocycles. The minimum Gasteiger partial charge on any atom is -0.481 e. The number of ether oxygens (including phenoxy) is 1. The fourth-order valence-corrected chi connectivity index (χ4v) is 4.72. The molecule has 0 aromatic rings. The molecule has 0 aromatic heterocycles. The van der Waals surface area contributed by atoms with E-state index >= 15 is 0 Å². The zero-order valence-corrected chi connectivity index (χ0v) is 13.8. The van der Waals surface area contributed by atoms with Crippen molar-refractivity contribution in [2.75, 3.05) is 11.5 Å². The van der Waals surface area contributed by atoms with Crippen LogP contribution in [-0.4, -0.2) is 34.8 Å². The molecule has 2 rings (SSSR count). The summed E-state index contributed by atoms with van der Waals surface area (Å²) in [6.45, 7) is 2.24. The van der Waals surface area contributed by atoms with Crippen molar-refractivity contribution in [1.29, 1.82) is 0 Å². The number of aliphatic carboxylic acids is 1. The van der Waals surface area contributed by atoms with Crippen molar-refractivity contribution < 1.29 is 14.6 Å². The second-order valence-electron chi connectivity index (χ2n) is 6.19. The molecule has 0 amide bonds. The van der Waals surface area contributed by atoms with Gasteiger partial charge in [0, 0.05) is 6.42 Å². The third-order valence-corrected chi connectivity index (χ3v) is 5.90. The number of rotatable bonds is 10. The normalized spacial score (nSPS) is 31.3. The van der Waals surface area contributed by atoms with Gasteiger partial charge in [0.2, 0.25) is 0 Å². The lowest BCUT2D eigenvalue weighted by Gasteiger charge is -2.26. The Bertz CT molecular complexity index is 356. The number of carboxylic acid groups (broad SMARTS) is 1. The summed E-state index contributed by atoms with van der Waals surface area (Å²) < 4.78 is 6.11. The smallest absolute Gasteiger partial charge is 0.303 e. The van der Waals surface area contributed by atoms with Crippen LogP contribution in [0.25, 0.3) is 0 Å². The SMILES string of the molecule is CCCSC[C@@H]1[C@@H](C/C=C\CCCC(=O)O)[C@H]2CC[C@@H]1O2. The molecule has 2 fully saturated rings. The van der Waals surface area contributed by atoms with E-state index in [1.807, 2.05) is 0 Å². The van der Waals surface area contributed by atoms with Gasteiger partial charge in [-0.2, -0.15) is 11.8 Å². The van der Waals surface area contributed by atoms with Gasteiger partial charge in [0.05, 0.1) is 12.2 Å². The van der Waals surface area contributed by atoms with Crippen LogP contribution >= 0.6 is 11.8 Å². The third-order valence-electron chi connectivity index (χ3n) is 4.59. The van der Waals surface area contributed by atoms with Crippen LogP contribution in [-0.2, 0) is 9.53 Å². The van der Waals surface area contributed by atoms with Crippen molar-refractivity contribution in [1.82, 2.24) is 0 Å². The van der Waals surface area contributed by atoms with Crippen molar-refractivity contribution >= 4 is 17.7 Å². The maximum atomic E-state index is 10.5. The maximum absolute atomic E-state index is 10.5. The highest BCUT2D eigenvalue weighted by Crippen LogP contribution is 2.46. The molecule has 2 bridgehead atoms. The third kappa shape index (κ3) is 5.03. The first-order valence-corrected chi connectivity index (χ1v) is 9.47. The lowest BCUT2D eigenvalue weighted by Crippen LogP contribution is -2.28. The van der Waals surface area contributed by atoms with E-state index in [4.69, 9.17) is 9.84 Å². The number of unbranched alkanes of at least 4 members (excludes halogenated alkanes) is 1. The molecule has 0 aromatic carbocycles. The Labute approximate surface area is 132 Å². The molecular formula is C17H28O3S. The summed E-state index contributed by atoms with van der Waals surface area (Å²) in [7, 11) is 0. The molecule has 0 aliphatic carbocycles. The van der Waals surface area contributed by atoms with Crippen LogP contribution in [0.3, 0.4) is 0 Å². The molecular weight excluding hydrogens is 284 g/mol. The Balaban J connectivity index is 1.72. The predicted molar refractivity (Wildman–Crippen MR) is 87.7 cm³/mol. The Kier molecular flexibility index (Phi) is 7.11. The van der Waals surface area contributed by atoms with E-state index in [0.29, 0.717) is 18.1 Å². The first kappa shape index (κ1) is 16.9. The van der Waals surface area contributed by atoms with Gasteiger partial charge in [-0.3, -0.25) is 4.79 Å². The second-order valence-corrected chi connectivity index (χ2v) is 7.34. The average Bonchev–Trinajstić information content (AvgIpc) is 3.04. The average molecular weight is 312 g/mol. The summed E-state index contributed by atoms with van der Waals surface area (Å²) in [6.07, 6.45) is 12.1. The number of hydrogen-bond donors (Lipinski definition) is 1. The van der Waals surface area contributed by atoms with Crippen LogP contribution < -0.4 is 0 Å². The number of fused-ring (bicyclic) bond motifs is 2. The monoisotopic (exact) mass is 312 g/mol. The number of carboxylic acids is 1. The molecule has 4 heteroatoms. The van der Waals surface area contributed by atoms with Crippen molar-refractivity contribution in [2.45, 2.75) is 64.1 Å². The van der Waals surface area contributed by atoms with E-state index in [1.54, 1.807) is 0 Å². The summed E-state index contributed by atoms with van der Waals surface area (Å²) in [5.74, 6) is 3.21. The number of thioether (sulfide) groups is 1. The Morgan fingerprint density at radius 1 is 1.29 bits per heavy atom. The van der Waals surface area contributed by atoms with E-state index in [9.17, 15) is 4.79 Å².